The first-order valence-corrected chi connectivity index (χ1v) is 6.18. The van der Waals surface area contributed by atoms with Crippen LogP contribution in [0.25, 0.3) is 0 Å². The third-order valence-corrected chi connectivity index (χ3v) is 3.13. The molecule has 2 aromatic rings. The number of benzene rings is 1. The van der Waals surface area contributed by atoms with Gasteiger partial charge in [0.25, 0.3) is 0 Å². The van der Waals surface area contributed by atoms with E-state index in [2.05, 4.69) is 10.3 Å². The molecule has 0 fully saturated rings. The van der Waals surface area contributed by atoms with Crippen LogP contribution in [0.4, 0.5) is 17.2 Å². The van der Waals surface area contributed by atoms with Crippen LogP contribution < -0.4 is 5.32 Å². The number of hydrogen-bond acceptors (Lipinski definition) is 5. The van der Waals surface area contributed by atoms with Crippen molar-refractivity contribution in [2.24, 2.45) is 0 Å². The molecule has 1 heterocycles. The zero-order valence-corrected chi connectivity index (χ0v) is 11.6. The second-order valence-electron chi connectivity index (χ2n) is 4.22. The number of carboxylic acids is 1. The summed E-state index contributed by atoms with van der Waals surface area (Å²) in [6.07, 6.45) is 0. The number of nitrogens with one attached hydrogen (secondary N) is 1. The molecule has 108 valence electrons. The number of pyridine rings is 1. The topological polar surface area (TPSA) is 105 Å². The molecule has 21 heavy (non-hydrogen) atoms. The second kappa shape index (κ2) is 5.76. The van der Waals surface area contributed by atoms with E-state index in [4.69, 9.17) is 16.7 Å². The predicted octanol–water partition coefficient (Wildman–Crippen LogP) is 3.39. The Labute approximate surface area is 124 Å². The van der Waals surface area contributed by atoms with Gasteiger partial charge in [0.1, 0.15) is 0 Å². The normalized spacial score (nSPS) is 10.2. The maximum atomic E-state index is 11.0. The van der Waals surface area contributed by atoms with Gasteiger partial charge in [0.05, 0.1) is 4.92 Å². The highest BCUT2D eigenvalue weighted by molar-refractivity contribution is 6.31. The number of anilines is 2. The Kier molecular flexibility index (Phi) is 4.04. The van der Waals surface area contributed by atoms with Gasteiger partial charge in [0, 0.05) is 16.8 Å². The molecule has 2 N–H and O–H groups in total. The van der Waals surface area contributed by atoms with Crippen LogP contribution in [0, 0.1) is 17.0 Å². The Morgan fingerprint density at radius 1 is 1.38 bits per heavy atom. The number of hydrogen-bond donors (Lipinski definition) is 2. The number of aromatic nitrogens is 1. The van der Waals surface area contributed by atoms with Crippen LogP contribution in [0.1, 0.15) is 16.1 Å². The molecule has 0 aliphatic heterocycles. The van der Waals surface area contributed by atoms with E-state index >= 15 is 0 Å². The van der Waals surface area contributed by atoms with Crippen molar-refractivity contribution in [1.82, 2.24) is 4.98 Å². The number of halogens is 1. The van der Waals surface area contributed by atoms with Gasteiger partial charge in [-0.2, -0.15) is 0 Å². The summed E-state index contributed by atoms with van der Waals surface area (Å²) in [6.45, 7) is 1.82. The average molecular weight is 308 g/mol. The van der Waals surface area contributed by atoms with E-state index in [1.807, 2.05) is 6.92 Å². The Balaban J connectivity index is 2.45. The van der Waals surface area contributed by atoms with Gasteiger partial charge in [-0.1, -0.05) is 17.7 Å². The van der Waals surface area contributed by atoms with Crippen molar-refractivity contribution in [3.63, 3.8) is 0 Å². The SMILES string of the molecule is Cc1ccc(Nc2nc(C(=O)O)ccc2[N+](=O)[O-])cc1Cl. The molecule has 0 spiro atoms. The Hall–Kier alpha value is -2.67. The van der Waals surface area contributed by atoms with E-state index in [0.29, 0.717) is 10.7 Å². The van der Waals surface area contributed by atoms with Crippen LogP contribution in [0.2, 0.25) is 5.02 Å². The molecule has 0 bridgehead atoms. The third-order valence-electron chi connectivity index (χ3n) is 2.72. The van der Waals surface area contributed by atoms with Crippen LogP contribution in [0.3, 0.4) is 0 Å². The highest BCUT2D eigenvalue weighted by Gasteiger charge is 2.18. The lowest BCUT2D eigenvalue weighted by molar-refractivity contribution is -0.384. The molecule has 0 aliphatic carbocycles. The standard InChI is InChI=1S/C13H10ClN3O4/c1-7-2-3-8(6-9(7)14)15-12-11(17(20)21)5-4-10(16-12)13(18)19/h2-6H,1H3,(H,15,16)(H,18,19). The van der Waals surface area contributed by atoms with Gasteiger partial charge in [-0.3, -0.25) is 10.1 Å². The van der Waals surface area contributed by atoms with Crippen molar-refractivity contribution in [2.75, 3.05) is 5.32 Å². The van der Waals surface area contributed by atoms with Crippen molar-refractivity contribution in [3.05, 3.63) is 56.7 Å². The van der Waals surface area contributed by atoms with Crippen molar-refractivity contribution in [2.45, 2.75) is 6.92 Å². The monoisotopic (exact) mass is 307 g/mol. The van der Waals surface area contributed by atoms with Gasteiger partial charge in [-0.05, 0) is 30.7 Å². The molecule has 0 saturated carbocycles. The summed E-state index contributed by atoms with van der Waals surface area (Å²) < 4.78 is 0. The fourth-order valence-electron chi connectivity index (χ4n) is 1.62. The molecule has 7 nitrogen and oxygen atoms in total. The fraction of sp³-hybridized carbons (Fsp3) is 0.0769. The van der Waals surface area contributed by atoms with Crippen molar-refractivity contribution in [1.29, 1.82) is 0 Å². The largest absolute Gasteiger partial charge is 0.477 e. The van der Waals surface area contributed by atoms with Crippen LogP contribution >= 0.6 is 11.6 Å². The molecule has 1 aromatic heterocycles. The lowest BCUT2D eigenvalue weighted by Gasteiger charge is -2.08. The smallest absolute Gasteiger partial charge is 0.354 e. The van der Waals surface area contributed by atoms with Gasteiger partial charge in [-0.25, -0.2) is 9.78 Å². The predicted molar refractivity (Wildman–Crippen MR) is 77.3 cm³/mol. The molecule has 8 heteroatoms. The molecule has 0 unspecified atom stereocenters. The number of carbonyl (C=O) groups is 1. The van der Waals surface area contributed by atoms with E-state index in [1.54, 1.807) is 18.2 Å². The minimum Gasteiger partial charge on any atom is -0.477 e. The Morgan fingerprint density at radius 3 is 2.67 bits per heavy atom. The van der Waals surface area contributed by atoms with Gasteiger partial charge >= 0.3 is 11.7 Å². The lowest BCUT2D eigenvalue weighted by Crippen LogP contribution is -2.06. The Morgan fingerprint density at radius 2 is 2.10 bits per heavy atom. The molecular weight excluding hydrogens is 298 g/mol. The summed E-state index contributed by atoms with van der Waals surface area (Å²) in [7, 11) is 0. The maximum absolute atomic E-state index is 11.0. The molecule has 1 aromatic carbocycles. The van der Waals surface area contributed by atoms with E-state index in [-0.39, 0.29) is 17.2 Å². The first kappa shape index (κ1) is 14.7. The minimum absolute atomic E-state index is 0.153. The van der Waals surface area contributed by atoms with E-state index < -0.39 is 10.9 Å². The fourth-order valence-corrected chi connectivity index (χ4v) is 1.80. The van der Waals surface area contributed by atoms with Crippen molar-refractivity contribution < 1.29 is 14.8 Å². The van der Waals surface area contributed by atoms with E-state index in [9.17, 15) is 14.9 Å². The van der Waals surface area contributed by atoms with Crippen LogP contribution in [-0.2, 0) is 0 Å². The lowest BCUT2D eigenvalue weighted by atomic mass is 10.2. The molecule has 0 amide bonds. The summed E-state index contributed by atoms with van der Waals surface area (Å²) in [6, 6.07) is 7.15. The number of aromatic carboxylic acids is 1. The highest BCUT2D eigenvalue weighted by atomic mass is 35.5. The summed E-state index contributed by atoms with van der Waals surface area (Å²) in [5.41, 5.74) is 0.714. The number of carboxylic acid groups (broad SMARTS) is 1. The van der Waals surface area contributed by atoms with Crippen LogP contribution in [-0.4, -0.2) is 21.0 Å². The molecule has 2 rings (SSSR count). The van der Waals surface area contributed by atoms with E-state index in [0.717, 1.165) is 17.7 Å². The Bertz CT molecular complexity index is 733. The molecule has 0 atom stereocenters. The van der Waals surface area contributed by atoms with Gasteiger partial charge in [-0.15, -0.1) is 0 Å². The van der Waals surface area contributed by atoms with Crippen molar-refractivity contribution in [3.8, 4) is 0 Å². The van der Waals surface area contributed by atoms with E-state index in [1.165, 1.54) is 0 Å². The second-order valence-corrected chi connectivity index (χ2v) is 4.62. The molecule has 0 radical (unpaired) electrons. The maximum Gasteiger partial charge on any atom is 0.354 e. The summed E-state index contributed by atoms with van der Waals surface area (Å²) in [5.74, 6) is -1.42. The van der Waals surface area contributed by atoms with Crippen molar-refractivity contribution >= 4 is 34.8 Å². The number of rotatable bonds is 4. The molecular formula is C13H10ClN3O4. The minimum atomic E-state index is -1.27. The number of aryl methyl sites for hydroxylation is 1. The number of nitrogens with zero attached hydrogens (tertiary/aromatic N) is 2. The quantitative estimate of drug-likeness (QED) is 0.662. The average Bonchev–Trinajstić information content (AvgIpc) is 2.42. The first-order valence-electron chi connectivity index (χ1n) is 5.80. The number of nitro groups is 1. The van der Waals surface area contributed by atoms with Crippen LogP contribution in [0.5, 0.6) is 0 Å². The van der Waals surface area contributed by atoms with Gasteiger partial charge < -0.3 is 10.4 Å². The summed E-state index contributed by atoms with van der Waals surface area (Å²) >= 11 is 5.98. The van der Waals surface area contributed by atoms with Crippen LogP contribution in [0.15, 0.2) is 30.3 Å². The highest BCUT2D eigenvalue weighted by Crippen LogP contribution is 2.28. The summed E-state index contributed by atoms with van der Waals surface area (Å²) in [4.78, 5) is 25.0. The zero-order valence-electron chi connectivity index (χ0n) is 10.8. The third kappa shape index (κ3) is 3.26. The zero-order chi connectivity index (χ0) is 15.6. The summed E-state index contributed by atoms with van der Waals surface area (Å²) in [5, 5.41) is 23.1. The molecule has 0 aliphatic rings. The van der Waals surface area contributed by atoms with Gasteiger partial charge in [0.2, 0.25) is 5.82 Å². The first-order chi connectivity index (χ1) is 9.88. The van der Waals surface area contributed by atoms with Gasteiger partial charge in [0.15, 0.2) is 5.69 Å². The molecule has 0 saturated heterocycles.